The first-order valence-corrected chi connectivity index (χ1v) is 6.69. The van der Waals surface area contributed by atoms with Crippen molar-refractivity contribution in [2.75, 3.05) is 7.05 Å². The van der Waals surface area contributed by atoms with Crippen LogP contribution in [0.4, 0.5) is 4.39 Å². The summed E-state index contributed by atoms with van der Waals surface area (Å²) in [7, 11) is 1.81. The van der Waals surface area contributed by atoms with Gasteiger partial charge in [-0.05, 0) is 37.0 Å². The van der Waals surface area contributed by atoms with Crippen LogP contribution in [-0.4, -0.2) is 28.9 Å². The van der Waals surface area contributed by atoms with Crippen molar-refractivity contribution in [3.8, 4) is 0 Å². The van der Waals surface area contributed by atoms with Crippen LogP contribution in [0.2, 0.25) is 0 Å². The maximum Gasteiger partial charge on any atom is 0.270 e. The van der Waals surface area contributed by atoms with E-state index in [1.807, 2.05) is 14.0 Å². The summed E-state index contributed by atoms with van der Waals surface area (Å²) in [5.41, 5.74) is 1.97. The highest BCUT2D eigenvalue weighted by Crippen LogP contribution is 2.28. The molecule has 19 heavy (non-hydrogen) atoms. The zero-order valence-electron chi connectivity index (χ0n) is 11.2. The molecular weight excluding hydrogens is 243 g/mol. The first kappa shape index (κ1) is 12.2. The highest BCUT2D eigenvalue weighted by Gasteiger charge is 2.30. The molecule has 1 aliphatic rings. The molecule has 1 heterocycles. The molecule has 1 fully saturated rings. The fourth-order valence-corrected chi connectivity index (χ4v) is 2.48. The van der Waals surface area contributed by atoms with Gasteiger partial charge >= 0.3 is 0 Å². The Morgan fingerprint density at radius 2 is 2.21 bits per heavy atom. The minimum atomic E-state index is -0.305. The van der Waals surface area contributed by atoms with E-state index >= 15 is 0 Å². The minimum absolute atomic E-state index is 0.0554. The number of benzene rings is 1. The van der Waals surface area contributed by atoms with Crippen LogP contribution < -0.4 is 0 Å². The topological polar surface area (TPSA) is 36.1 Å². The highest BCUT2D eigenvalue weighted by molar-refractivity contribution is 5.99. The number of aromatic nitrogens is 1. The average molecular weight is 260 g/mol. The largest absolute Gasteiger partial charge is 0.348 e. The van der Waals surface area contributed by atoms with Crippen molar-refractivity contribution in [3.63, 3.8) is 0 Å². The molecule has 100 valence electrons. The van der Waals surface area contributed by atoms with E-state index in [0.29, 0.717) is 17.3 Å². The van der Waals surface area contributed by atoms with E-state index in [1.165, 1.54) is 6.07 Å². The van der Waals surface area contributed by atoms with Gasteiger partial charge in [-0.15, -0.1) is 0 Å². The number of halogens is 1. The Balaban J connectivity index is 2.05. The quantitative estimate of drug-likeness (QED) is 0.904. The third-order valence-electron chi connectivity index (χ3n) is 3.86. The summed E-state index contributed by atoms with van der Waals surface area (Å²) in [4.78, 5) is 17.0. The van der Waals surface area contributed by atoms with Gasteiger partial charge in [-0.1, -0.05) is 13.0 Å². The zero-order valence-corrected chi connectivity index (χ0v) is 11.2. The zero-order chi connectivity index (χ0) is 13.6. The lowest BCUT2D eigenvalue weighted by Crippen LogP contribution is -2.28. The van der Waals surface area contributed by atoms with Crippen LogP contribution in [0.5, 0.6) is 0 Å². The summed E-state index contributed by atoms with van der Waals surface area (Å²) in [5.74, 6) is -0.361. The molecule has 1 amide bonds. The van der Waals surface area contributed by atoms with Crippen molar-refractivity contribution >= 4 is 16.8 Å². The predicted octanol–water partition coefficient (Wildman–Crippen LogP) is 3.10. The smallest absolute Gasteiger partial charge is 0.270 e. The monoisotopic (exact) mass is 260 g/mol. The minimum Gasteiger partial charge on any atom is -0.348 e. The molecule has 0 radical (unpaired) electrons. The SMILES string of the molecule is CCc1ccc(F)c2[nH]c(C(=O)N(C)C3CC3)cc12. The molecule has 0 bridgehead atoms. The van der Waals surface area contributed by atoms with E-state index in [-0.39, 0.29) is 11.7 Å². The number of aryl methyl sites for hydroxylation is 1. The van der Waals surface area contributed by atoms with Crippen molar-refractivity contribution in [2.45, 2.75) is 32.2 Å². The second-order valence-electron chi connectivity index (χ2n) is 5.18. The van der Waals surface area contributed by atoms with E-state index in [4.69, 9.17) is 0 Å². The van der Waals surface area contributed by atoms with E-state index in [9.17, 15) is 9.18 Å². The Kier molecular flexibility index (Phi) is 2.81. The molecule has 0 spiro atoms. The first-order valence-electron chi connectivity index (χ1n) is 6.69. The van der Waals surface area contributed by atoms with Crippen LogP contribution in [0.15, 0.2) is 18.2 Å². The number of nitrogens with zero attached hydrogens (tertiary/aromatic N) is 1. The van der Waals surface area contributed by atoms with E-state index < -0.39 is 0 Å². The number of carbonyl (C=O) groups is 1. The van der Waals surface area contributed by atoms with Gasteiger partial charge in [-0.3, -0.25) is 4.79 Å². The molecule has 1 saturated carbocycles. The third kappa shape index (κ3) is 2.01. The molecule has 0 unspecified atom stereocenters. The fraction of sp³-hybridized carbons (Fsp3) is 0.400. The molecule has 1 N–H and O–H groups in total. The molecule has 0 saturated heterocycles. The molecule has 0 atom stereocenters. The van der Waals surface area contributed by atoms with Crippen molar-refractivity contribution in [2.24, 2.45) is 0 Å². The van der Waals surface area contributed by atoms with Crippen molar-refractivity contribution < 1.29 is 9.18 Å². The van der Waals surface area contributed by atoms with Gasteiger partial charge in [0.15, 0.2) is 0 Å². The molecule has 1 aliphatic carbocycles. The molecule has 0 aliphatic heterocycles. The molecule has 1 aromatic heterocycles. The number of nitrogens with one attached hydrogen (secondary N) is 1. The number of rotatable bonds is 3. The van der Waals surface area contributed by atoms with E-state index in [2.05, 4.69) is 4.98 Å². The average Bonchev–Trinajstić information content (AvgIpc) is 3.16. The summed E-state index contributed by atoms with van der Waals surface area (Å²) in [6.45, 7) is 2.03. The van der Waals surface area contributed by atoms with Gasteiger partial charge in [0.1, 0.15) is 11.5 Å². The molecule has 3 rings (SSSR count). The van der Waals surface area contributed by atoms with Gasteiger partial charge < -0.3 is 9.88 Å². The summed E-state index contributed by atoms with van der Waals surface area (Å²) in [6, 6.07) is 5.37. The molecular formula is C15H17FN2O. The van der Waals surface area contributed by atoms with Crippen molar-refractivity contribution in [3.05, 3.63) is 35.3 Å². The normalized spacial score (nSPS) is 14.9. The lowest BCUT2D eigenvalue weighted by molar-refractivity contribution is 0.0780. The molecule has 4 heteroatoms. The summed E-state index contributed by atoms with van der Waals surface area (Å²) in [5, 5.41) is 0.815. The molecule has 3 nitrogen and oxygen atoms in total. The van der Waals surface area contributed by atoms with Gasteiger partial charge in [0.2, 0.25) is 0 Å². The van der Waals surface area contributed by atoms with Crippen molar-refractivity contribution in [1.29, 1.82) is 0 Å². The summed E-state index contributed by atoms with van der Waals surface area (Å²) < 4.78 is 13.8. The van der Waals surface area contributed by atoms with Crippen LogP contribution in [0.3, 0.4) is 0 Å². The highest BCUT2D eigenvalue weighted by atomic mass is 19.1. The van der Waals surface area contributed by atoms with Crippen LogP contribution in [0.25, 0.3) is 10.9 Å². The summed E-state index contributed by atoms with van der Waals surface area (Å²) in [6.07, 6.45) is 2.95. The summed E-state index contributed by atoms with van der Waals surface area (Å²) >= 11 is 0. The van der Waals surface area contributed by atoms with Crippen LogP contribution >= 0.6 is 0 Å². The van der Waals surface area contributed by atoms with E-state index in [1.54, 1.807) is 17.0 Å². The number of H-pyrrole nitrogens is 1. The van der Waals surface area contributed by atoms with Crippen LogP contribution in [-0.2, 0) is 6.42 Å². The number of amides is 1. The predicted molar refractivity (Wildman–Crippen MR) is 72.8 cm³/mol. The van der Waals surface area contributed by atoms with E-state index in [0.717, 1.165) is 30.2 Å². The number of aromatic amines is 1. The molecule has 1 aromatic carbocycles. The Morgan fingerprint density at radius 3 is 2.84 bits per heavy atom. The number of hydrogen-bond donors (Lipinski definition) is 1. The fourth-order valence-electron chi connectivity index (χ4n) is 2.48. The van der Waals surface area contributed by atoms with Gasteiger partial charge in [-0.2, -0.15) is 0 Å². The molecule has 2 aromatic rings. The second kappa shape index (κ2) is 4.37. The van der Waals surface area contributed by atoms with Gasteiger partial charge in [0, 0.05) is 18.5 Å². The van der Waals surface area contributed by atoms with Gasteiger partial charge in [0.05, 0.1) is 5.52 Å². The van der Waals surface area contributed by atoms with Crippen molar-refractivity contribution in [1.82, 2.24) is 9.88 Å². The maximum atomic E-state index is 13.8. The Labute approximate surface area is 111 Å². The Bertz CT molecular complexity index is 643. The van der Waals surface area contributed by atoms with Crippen LogP contribution in [0, 0.1) is 5.82 Å². The lowest BCUT2D eigenvalue weighted by atomic mass is 10.1. The Hall–Kier alpha value is -1.84. The maximum absolute atomic E-state index is 13.8. The third-order valence-corrected chi connectivity index (χ3v) is 3.86. The number of carbonyl (C=O) groups excluding carboxylic acids is 1. The Morgan fingerprint density at radius 1 is 1.47 bits per heavy atom. The number of hydrogen-bond acceptors (Lipinski definition) is 1. The van der Waals surface area contributed by atoms with Crippen LogP contribution in [0.1, 0.15) is 35.8 Å². The standard InChI is InChI=1S/C15H17FN2O/c1-3-9-4-7-12(16)14-11(9)8-13(17-14)15(19)18(2)10-5-6-10/h4,7-8,10,17H,3,5-6H2,1-2H3. The lowest BCUT2D eigenvalue weighted by Gasteiger charge is -2.14. The second-order valence-corrected chi connectivity index (χ2v) is 5.18. The van der Waals surface area contributed by atoms with Gasteiger partial charge in [-0.25, -0.2) is 4.39 Å². The number of fused-ring (bicyclic) bond motifs is 1. The first-order chi connectivity index (χ1) is 9.11. The van der Waals surface area contributed by atoms with Gasteiger partial charge in [0.25, 0.3) is 5.91 Å².